The molecule has 2 atom stereocenters. The van der Waals surface area contributed by atoms with Crippen molar-refractivity contribution in [3.05, 3.63) is 36.5 Å². The average molecular weight is 957 g/mol. The van der Waals surface area contributed by atoms with Crippen molar-refractivity contribution in [1.29, 1.82) is 0 Å². The van der Waals surface area contributed by atoms with Gasteiger partial charge in [-0.25, -0.2) is 0 Å². The van der Waals surface area contributed by atoms with Crippen LogP contribution in [0.1, 0.15) is 322 Å². The van der Waals surface area contributed by atoms with Crippen molar-refractivity contribution in [2.45, 2.75) is 334 Å². The smallest absolute Gasteiger partial charge is 0.305 e. The van der Waals surface area contributed by atoms with Crippen LogP contribution in [0.4, 0.5) is 0 Å². The Morgan fingerprint density at radius 2 is 0.706 bits per heavy atom. The van der Waals surface area contributed by atoms with Gasteiger partial charge in [-0.3, -0.25) is 9.59 Å². The van der Waals surface area contributed by atoms with Crippen LogP contribution < -0.4 is 5.32 Å². The molecule has 400 valence electrons. The van der Waals surface area contributed by atoms with Crippen LogP contribution in [0.5, 0.6) is 0 Å². The molecule has 0 spiro atoms. The van der Waals surface area contributed by atoms with E-state index in [-0.39, 0.29) is 18.5 Å². The van der Waals surface area contributed by atoms with Crippen LogP contribution in [0.3, 0.4) is 0 Å². The molecule has 6 nitrogen and oxygen atoms in total. The largest absolute Gasteiger partial charge is 0.466 e. The zero-order valence-corrected chi connectivity index (χ0v) is 45.6. The lowest BCUT2D eigenvalue weighted by Gasteiger charge is -2.20. The lowest BCUT2D eigenvalue weighted by Crippen LogP contribution is -2.45. The Morgan fingerprint density at radius 3 is 1.09 bits per heavy atom. The number of aliphatic hydroxyl groups is 2. The molecule has 0 aromatic rings. The Balaban J connectivity index is 3.43. The number of unbranched alkanes of at least 4 members (excludes halogenated alkanes) is 41. The van der Waals surface area contributed by atoms with Gasteiger partial charge in [0.15, 0.2) is 0 Å². The van der Waals surface area contributed by atoms with E-state index in [1.807, 2.05) is 6.08 Å². The van der Waals surface area contributed by atoms with Crippen LogP contribution in [0, 0.1) is 0 Å². The summed E-state index contributed by atoms with van der Waals surface area (Å²) in [6.07, 6.45) is 71.8. The zero-order valence-electron chi connectivity index (χ0n) is 45.6. The molecular formula is C62H117NO5. The van der Waals surface area contributed by atoms with Gasteiger partial charge in [0.2, 0.25) is 5.91 Å². The van der Waals surface area contributed by atoms with Crippen LogP contribution >= 0.6 is 0 Å². The van der Waals surface area contributed by atoms with E-state index < -0.39 is 12.1 Å². The number of rotatable bonds is 56. The second-order valence-corrected chi connectivity index (χ2v) is 20.7. The standard InChI is InChI=1S/C62H117NO5/c1-3-5-7-9-11-13-15-16-28-31-35-38-42-46-50-54-60(65)59(58-64)63-61(66)55-51-47-43-39-36-32-29-26-24-22-20-18-17-19-21-23-25-27-30-33-37-41-45-49-53-57-68-62(67)56-52-48-44-40-34-14-12-10-8-6-4-2/h10,12,18,20,50,54,59-60,64-65H,3-9,11,13-17,19,21-49,51-53,55-58H2,1-2H3,(H,63,66)/b12-10-,20-18-,54-50+. The van der Waals surface area contributed by atoms with E-state index in [4.69, 9.17) is 4.74 Å². The Kier molecular flexibility index (Phi) is 56.0. The molecule has 2 unspecified atom stereocenters. The molecule has 0 aromatic heterocycles. The number of ether oxygens (including phenoxy) is 1. The number of amides is 1. The summed E-state index contributed by atoms with van der Waals surface area (Å²) in [4.78, 5) is 24.4. The van der Waals surface area contributed by atoms with E-state index in [9.17, 15) is 19.8 Å². The summed E-state index contributed by atoms with van der Waals surface area (Å²) in [5.41, 5.74) is 0. The third-order valence-corrected chi connectivity index (χ3v) is 13.9. The molecule has 0 saturated heterocycles. The molecule has 1 amide bonds. The Morgan fingerprint density at radius 1 is 0.397 bits per heavy atom. The van der Waals surface area contributed by atoms with E-state index in [0.29, 0.717) is 19.4 Å². The minimum Gasteiger partial charge on any atom is -0.466 e. The van der Waals surface area contributed by atoms with Gasteiger partial charge < -0.3 is 20.3 Å². The summed E-state index contributed by atoms with van der Waals surface area (Å²) in [5, 5.41) is 23.1. The fraction of sp³-hybridized carbons (Fsp3) is 0.871. The van der Waals surface area contributed by atoms with Crippen molar-refractivity contribution in [1.82, 2.24) is 5.32 Å². The minimum atomic E-state index is -0.846. The molecule has 3 N–H and O–H groups in total. The quantitative estimate of drug-likeness (QED) is 0.0321. The fourth-order valence-corrected chi connectivity index (χ4v) is 9.20. The number of hydrogen-bond donors (Lipinski definition) is 3. The second-order valence-electron chi connectivity index (χ2n) is 20.7. The summed E-state index contributed by atoms with van der Waals surface area (Å²) in [7, 11) is 0. The van der Waals surface area contributed by atoms with Crippen molar-refractivity contribution in [2.24, 2.45) is 0 Å². The summed E-state index contributed by atoms with van der Waals surface area (Å²) >= 11 is 0. The molecule has 0 fully saturated rings. The van der Waals surface area contributed by atoms with Gasteiger partial charge in [0, 0.05) is 12.8 Å². The van der Waals surface area contributed by atoms with Gasteiger partial charge in [0.25, 0.3) is 0 Å². The van der Waals surface area contributed by atoms with Crippen LogP contribution in [-0.2, 0) is 14.3 Å². The van der Waals surface area contributed by atoms with Gasteiger partial charge in [0.05, 0.1) is 25.4 Å². The third-order valence-electron chi connectivity index (χ3n) is 13.9. The van der Waals surface area contributed by atoms with E-state index in [2.05, 4.69) is 43.5 Å². The molecule has 0 radical (unpaired) electrons. The number of nitrogens with one attached hydrogen (secondary N) is 1. The zero-order chi connectivity index (χ0) is 49.3. The highest BCUT2D eigenvalue weighted by molar-refractivity contribution is 5.76. The van der Waals surface area contributed by atoms with Crippen LogP contribution in [0.2, 0.25) is 0 Å². The summed E-state index contributed by atoms with van der Waals surface area (Å²) < 4.78 is 5.46. The fourth-order valence-electron chi connectivity index (χ4n) is 9.20. The molecule has 0 aromatic carbocycles. The number of carbonyl (C=O) groups excluding carboxylic acids is 2. The summed E-state index contributed by atoms with van der Waals surface area (Å²) in [6.45, 7) is 4.87. The topological polar surface area (TPSA) is 95.9 Å². The Hall–Kier alpha value is -1.92. The first-order chi connectivity index (χ1) is 33.5. The highest BCUT2D eigenvalue weighted by Crippen LogP contribution is 2.17. The first-order valence-electron chi connectivity index (χ1n) is 30.3. The Bertz CT molecular complexity index is 1100. The first-order valence-corrected chi connectivity index (χ1v) is 30.3. The van der Waals surface area contributed by atoms with Gasteiger partial charge in [-0.05, 0) is 77.0 Å². The summed E-state index contributed by atoms with van der Waals surface area (Å²) in [6, 6.07) is -0.630. The highest BCUT2D eigenvalue weighted by Gasteiger charge is 2.18. The van der Waals surface area contributed by atoms with E-state index in [1.54, 1.807) is 6.08 Å². The molecular weight excluding hydrogens is 839 g/mol. The van der Waals surface area contributed by atoms with Crippen molar-refractivity contribution >= 4 is 11.9 Å². The van der Waals surface area contributed by atoms with Crippen LogP contribution in [0.15, 0.2) is 36.5 Å². The maximum atomic E-state index is 12.5. The second kappa shape index (κ2) is 57.7. The number of hydrogen-bond acceptors (Lipinski definition) is 5. The molecule has 6 heteroatoms. The first kappa shape index (κ1) is 66.1. The van der Waals surface area contributed by atoms with Gasteiger partial charge in [-0.1, -0.05) is 269 Å². The average Bonchev–Trinajstić information content (AvgIpc) is 3.34. The highest BCUT2D eigenvalue weighted by atomic mass is 16.5. The molecule has 0 rings (SSSR count). The number of aliphatic hydroxyl groups excluding tert-OH is 2. The van der Waals surface area contributed by atoms with Crippen molar-refractivity contribution in [3.8, 4) is 0 Å². The van der Waals surface area contributed by atoms with Gasteiger partial charge in [-0.15, -0.1) is 0 Å². The SMILES string of the molecule is CCCC/C=C\CCCCCCCC(=O)OCCCCCCCCCCCCCC/C=C\CCCCCCCCCCCC(=O)NC(CO)C(O)/C=C/CCCCCCCCCCCCCCC. The van der Waals surface area contributed by atoms with Crippen molar-refractivity contribution in [2.75, 3.05) is 13.2 Å². The predicted molar refractivity (Wildman–Crippen MR) is 296 cm³/mol. The normalized spacial score (nSPS) is 12.8. The molecule has 0 aliphatic rings. The molecule has 0 aliphatic carbocycles. The maximum Gasteiger partial charge on any atom is 0.305 e. The molecule has 0 bridgehead atoms. The number of carbonyl (C=O) groups is 2. The van der Waals surface area contributed by atoms with E-state index in [0.717, 1.165) is 44.9 Å². The summed E-state index contributed by atoms with van der Waals surface area (Å²) in [5.74, 6) is -0.0685. The van der Waals surface area contributed by atoms with E-state index >= 15 is 0 Å². The number of esters is 1. The third kappa shape index (κ3) is 53.4. The maximum absolute atomic E-state index is 12.5. The van der Waals surface area contributed by atoms with Crippen molar-refractivity contribution < 1.29 is 24.5 Å². The molecule has 0 heterocycles. The number of allylic oxidation sites excluding steroid dienone is 5. The lowest BCUT2D eigenvalue weighted by molar-refractivity contribution is -0.143. The molecule has 0 saturated carbocycles. The minimum absolute atomic E-state index is 0.00168. The molecule has 0 aliphatic heterocycles. The van der Waals surface area contributed by atoms with Gasteiger partial charge >= 0.3 is 5.97 Å². The lowest BCUT2D eigenvalue weighted by atomic mass is 10.0. The van der Waals surface area contributed by atoms with Crippen LogP contribution in [-0.4, -0.2) is 47.4 Å². The monoisotopic (exact) mass is 956 g/mol. The van der Waals surface area contributed by atoms with Crippen LogP contribution in [0.25, 0.3) is 0 Å². The predicted octanol–water partition coefficient (Wildman–Crippen LogP) is 18.8. The van der Waals surface area contributed by atoms with E-state index in [1.165, 1.54) is 250 Å². The Labute approximate surface area is 424 Å². The van der Waals surface area contributed by atoms with Gasteiger partial charge in [0.1, 0.15) is 0 Å². The molecule has 68 heavy (non-hydrogen) atoms. The van der Waals surface area contributed by atoms with Crippen molar-refractivity contribution in [3.63, 3.8) is 0 Å². The van der Waals surface area contributed by atoms with Gasteiger partial charge in [-0.2, -0.15) is 0 Å².